The number of aromatic nitrogens is 2. The molecule has 1 aromatic heterocycles. The first-order valence-electron chi connectivity index (χ1n) is 13.9. The largest absolute Gasteiger partial charge is 1.00 e. The van der Waals surface area contributed by atoms with Crippen molar-refractivity contribution < 1.29 is 66.3 Å². The first-order valence-corrected chi connectivity index (χ1v) is 15.7. The fourth-order valence-corrected chi connectivity index (χ4v) is 6.40. The normalized spacial score (nSPS) is 18.9. The first-order chi connectivity index (χ1) is 22.0. The fraction of sp³-hybridized carbons (Fsp3) is 0.393. The molecule has 3 heterocycles. The molecule has 2 aromatic rings. The molecule has 3 atom stereocenters. The Hall–Kier alpha value is -3.82. The molecule has 254 valence electrons. The van der Waals surface area contributed by atoms with E-state index in [4.69, 9.17) is 20.9 Å². The summed E-state index contributed by atoms with van der Waals surface area (Å²) in [6.45, 7) is 1.76. The third-order valence-corrected chi connectivity index (χ3v) is 9.09. The van der Waals surface area contributed by atoms with E-state index in [1.807, 2.05) is 20.0 Å². The average Bonchev–Trinajstić information content (AvgIpc) is 3.47. The number of hydrogen-bond donors (Lipinski definition) is 3. The number of methoxy groups -OCH3 is 1. The van der Waals surface area contributed by atoms with Crippen LogP contribution in [0.25, 0.3) is 0 Å². The number of nitrogens with zero attached hydrogens (tertiary/aromatic N) is 5. The second kappa shape index (κ2) is 16.8. The van der Waals surface area contributed by atoms with Gasteiger partial charge < -0.3 is 59.6 Å². The molecule has 1 aromatic carbocycles. The number of halogens is 2. The Morgan fingerprint density at radius 1 is 1.32 bits per heavy atom. The Labute approximate surface area is 295 Å². The number of fused-ring (bicyclic) bond motifs is 1. The van der Waals surface area contributed by atoms with E-state index in [1.54, 1.807) is 37.5 Å². The molecule has 47 heavy (non-hydrogen) atoms. The van der Waals surface area contributed by atoms with Crippen molar-refractivity contribution in [2.45, 2.75) is 24.9 Å². The Morgan fingerprint density at radius 2 is 2.04 bits per heavy atom. The average molecular weight is 807 g/mol. The van der Waals surface area contributed by atoms with E-state index in [0.29, 0.717) is 40.2 Å². The van der Waals surface area contributed by atoms with E-state index < -0.39 is 47.7 Å². The number of primary amides is 1. The van der Waals surface area contributed by atoms with Gasteiger partial charge in [-0.1, -0.05) is 23.4 Å². The maximum atomic E-state index is 13.6. The number of allylic oxidation sites excluding steroid dienone is 1. The Kier molecular flexibility index (Phi) is 13.5. The van der Waals surface area contributed by atoms with E-state index in [1.165, 1.54) is 16.7 Å². The van der Waals surface area contributed by atoms with Gasteiger partial charge in [-0.2, -0.15) is 9.36 Å². The Balaban J connectivity index is 0.00000600. The zero-order valence-corrected chi connectivity index (χ0v) is 29.5. The summed E-state index contributed by atoms with van der Waals surface area (Å²) in [5, 5.41) is 5.40. The number of alkyl halides is 1. The number of amides is 3. The van der Waals surface area contributed by atoms with Crippen LogP contribution in [0.2, 0.25) is 0 Å². The molecular formula is C28H34FIN8O7S2. The predicted octanol–water partition coefficient (Wildman–Crippen LogP) is -2.31. The number of esters is 1. The predicted molar refractivity (Wildman–Crippen MR) is 168 cm³/mol. The van der Waals surface area contributed by atoms with Crippen molar-refractivity contribution in [3.05, 3.63) is 59.1 Å². The van der Waals surface area contributed by atoms with Crippen molar-refractivity contribution in [1.29, 1.82) is 0 Å². The highest BCUT2D eigenvalue weighted by Gasteiger charge is 2.54. The van der Waals surface area contributed by atoms with Crippen molar-refractivity contribution >= 4 is 57.8 Å². The highest BCUT2D eigenvalue weighted by molar-refractivity contribution is 8.00. The number of ether oxygens (including phenoxy) is 2. The molecule has 0 saturated carbocycles. The van der Waals surface area contributed by atoms with Crippen LogP contribution in [0.5, 0.6) is 5.75 Å². The van der Waals surface area contributed by atoms with Crippen LogP contribution in [-0.2, 0) is 35.4 Å². The van der Waals surface area contributed by atoms with Gasteiger partial charge >= 0.3 is 5.97 Å². The Morgan fingerprint density at radius 3 is 2.64 bits per heavy atom. The molecule has 3 amide bonds. The molecular weight excluding hydrogens is 772 g/mol. The molecule has 1 saturated heterocycles. The van der Waals surface area contributed by atoms with Crippen LogP contribution in [0.3, 0.4) is 0 Å². The van der Waals surface area contributed by atoms with E-state index in [2.05, 4.69) is 24.7 Å². The molecule has 0 aliphatic carbocycles. The number of nitrogen functional groups attached to an aromatic ring is 1. The van der Waals surface area contributed by atoms with Crippen molar-refractivity contribution in [2.75, 3.05) is 52.1 Å². The number of anilines is 1. The lowest BCUT2D eigenvalue weighted by atomic mass is 10.0. The number of thioether (sulfide) groups is 1. The van der Waals surface area contributed by atoms with E-state index in [-0.39, 0.29) is 53.8 Å². The lowest BCUT2D eigenvalue weighted by Crippen LogP contribution is -3.00. The maximum absolute atomic E-state index is 13.6. The van der Waals surface area contributed by atoms with Crippen LogP contribution in [0.15, 0.2) is 52.8 Å². The van der Waals surface area contributed by atoms with Gasteiger partial charge in [-0.25, -0.2) is 9.18 Å². The van der Waals surface area contributed by atoms with Gasteiger partial charge in [0, 0.05) is 17.3 Å². The summed E-state index contributed by atoms with van der Waals surface area (Å²) in [4.78, 5) is 61.3. The molecule has 1 unspecified atom stereocenters. The molecule has 0 spiro atoms. The van der Waals surface area contributed by atoms with Gasteiger partial charge in [0.15, 0.2) is 11.7 Å². The zero-order valence-electron chi connectivity index (χ0n) is 25.7. The van der Waals surface area contributed by atoms with Crippen LogP contribution in [0.1, 0.15) is 18.3 Å². The highest BCUT2D eigenvalue weighted by Crippen LogP contribution is 2.41. The van der Waals surface area contributed by atoms with E-state index in [0.717, 1.165) is 11.5 Å². The van der Waals surface area contributed by atoms with Gasteiger partial charge in [-0.3, -0.25) is 19.3 Å². The molecule has 2 aliphatic heterocycles. The minimum absolute atomic E-state index is 0. The zero-order chi connectivity index (χ0) is 33.4. The number of oxime groups is 1. The fourth-order valence-electron chi connectivity index (χ4n) is 4.64. The van der Waals surface area contributed by atoms with Crippen LogP contribution in [0, 0.1) is 0 Å². The number of benzene rings is 1. The number of nitrogens with one attached hydrogen (secondary N) is 1. The summed E-state index contributed by atoms with van der Waals surface area (Å²) in [5.74, 6) is -1.90. The lowest BCUT2D eigenvalue weighted by Gasteiger charge is -2.49. The molecule has 1 fully saturated rings. The van der Waals surface area contributed by atoms with Crippen LogP contribution in [0.4, 0.5) is 9.52 Å². The van der Waals surface area contributed by atoms with Crippen molar-refractivity contribution in [1.82, 2.24) is 19.6 Å². The summed E-state index contributed by atoms with van der Waals surface area (Å²) in [7, 11) is 3.43. The molecule has 4 rings (SSSR count). The third-order valence-electron chi connectivity index (χ3n) is 7.25. The van der Waals surface area contributed by atoms with Crippen molar-refractivity contribution in [3.63, 3.8) is 0 Å². The van der Waals surface area contributed by atoms with Crippen molar-refractivity contribution in [2.24, 2.45) is 10.9 Å². The van der Waals surface area contributed by atoms with E-state index in [9.17, 15) is 23.6 Å². The van der Waals surface area contributed by atoms with Gasteiger partial charge in [-0.05, 0) is 36.3 Å². The van der Waals surface area contributed by atoms with Crippen LogP contribution in [-0.4, -0.2) is 106 Å². The minimum Gasteiger partial charge on any atom is -1.00 e. The Bertz CT molecular complexity index is 1570. The number of rotatable bonds is 15. The molecule has 5 N–H and O–H groups in total. The van der Waals surface area contributed by atoms with Crippen molar-refractivity contribution in [3.8, 4) is 5.75 Å². The SMILES string of the molecule is CC[N+](C)(C/C=C/C1=C(C(=O)OCc2ccc(OC)cc2)N2C(=O)[C@@H](NC(=O)/C(=N/OCF)c3nsc(N)n3)[C@H]2SC1)C[14C](N)=O.[I-]. The van der Waals surface area contributed by atoms with Crippen LogP contribution < -0.4 is 45.5 Å². The number of hydrogen-bond acceptors (Lipinski definition) is 13. The van der Waals surface area contributed by atoms with Crippen LogP contribution >= 0.6 is 23.3 Å². The summed E-state index contributed by atoms with van der Waals surface area (Å²) >= 11 is 2.11. The third kappa shape index (κ3) is 9.17. The number of nitrogens with two attached hydrogens (primary N) is 2. The number of β-lactam (4-membered cyclic amide) rings is 1. The quantitative estimate of drug-likeness (QED) is 0.0436. The number of quaternary nitrogens is 1. The molecule has 0 radical (unpaired) electrons. The van der Waals surface area contributed by atoms with Gasteiger partial charge in [-0.15, -0.1) is 11.8 Å². The first kappa shape index (κ1) is 37.6. The minimum atomic E-state index is -1.31. The lowest BCUT2D eigenvalue weighted by molar-refractivity contribution is -0.894. The smallest absolute Gasteiger partial charge is 0.355 e. The van der Waals surface area contributed by atoms with E-state index >= 15 is 0 Å². The summed E-state index contributed by atoms with van der Waals surface area (Å²) in [6, 6.07) is 5.91. The molecule has 0 bridgehead atoms. The number of likely N-dealkylation sites (N-methyl/N-ethyl adjacent to an activating group) is 1. The second-order valence-corrected chi connectivity index (χ2v) is 12.3. The topological polar surface area (TPSA) is 201 Å². The highest BCUT2D eigenvalue weighted by atomic mass is 127. The van der Waals surface area contributed by atoms with Gasteiger partial charge in [0.05, 0.1) is 27.2 Å². The summed E-state index contributed by atoms with van der Waals surface area (Å²) in [6.07, 6.45) is 3.56. The number of carbonyl (C=O) groups is 4. The monoisotopic (exact) mass is 806 g/mol. The van der Waals surface area contributed by atoms with Gasteiger partial charge in [0.1, 0.15) is 29.5 Å². The van der Waals surface area contributed by atoms with Gasteiger partial charge in [0.25, 0.3) is 24.6 Å². The summed E-state index contributed by atoms with van der Waals surface area (Å²) in [5.41, 5.74) is 11.8. The molecule has 2 aliphatic rings. The molecule has 19 heteroatoms. The molecule has 15 nitrogen and oxygen atoms in total. The standard InChI is InChI=1S/C28H33FN8O7S2.HI/c1-4-37(2,12-19(30)38)11-5-6-17-14-45-26-21(32-24(39)20(34-44-15-29)23-33-28(31)46-35-23)25(40)36(26)22(17)27(41)43-13-16-7-9-18(42-3)10-8-16;/h5-10,21,26H,4,11-15H2,1-3H3,(H4-,30,31,32,33,35,38,39);1H/b6-5+,34-20+;/t21-,26-,37?;/m1./s1/i19+2;. The summed E-state index contributed by atoms with van der Waals surface area (Å²) < 4.78 is 27.7. The number of carbonyl (C=O) groups excluding carboxylic acids is 4. The van der Waals surface area contributed by atoms with Gasteiger partial charge in [0.2, 0.25) is 11.5 Å². The maximum Gasteiger partial charge on any atom is 0.355 e. The second-order valence-electron chi connectivity index (χ2n) is 10.4.